The van der Waals surface area contributed by atoms with Crippen molar-refractivity contribution in [2.45, 2.75) is 38.5 Å². The summed E-state index contributed by atoms with van der Waals surface area (Å²) in [5.74, 6) is -0.288. The highest BCUT2D eigenvalue weighted by atomic mass is 16.5. The lowest BCUT2D eigenvalue weighted by atomic mass is 9.81. The van der Waals surface area contributed by atoms with E-state index in [0.29, 0.717) is 43.9 Å². The molecule has 1 aromatic heterocycles. The summed E-state index contributed by atoms with van der Waals surface area (Å²) in [5, 5.41) is 16.0. The molecule has 1 saturated carbocycles. The van der Waals surface area contributed by atoms with Crippen molar-refractivity contribution in [2.24, 2.45) is 11.8 Å². The number of aliphatic carboxylic acids is 1. The second-order valence-electron chi connectivity index (χ2n) is 6.86. The molecule has 1 heterocycles. The molecule has 1 fully saturated rings. The molecule has 1 unspecified atom stereocenters. The van der Waals surface area contributed by atoms with Crippen LogP contribution in [-0.2, 0) is 9.59 Å². The van der Waals surface area contributed by atoms with Gasteiger partial charge in [-0.1, -0.05) is 42.4 Å². The number of benzene rings is 1. The minimum Gasteiger partial charge on any atom is -0.481 e. The van der Waals surface area contributed by atoms with Gasteiger partial charge in [0.25, 0.3) is 0 Å². The largest absolute Gasteiger partial charge is 0.481 e. The molecule has 0 aliphatic heterocycles. The van der Waals surface area contributed by atoms with E-state index in [0.717, 1.165) is 5.56 Å². The predicted molar refractivity (Wildman–Crippen MR) is 94.2 cm³/mol. The topological polar surface area (TPSA) is 105 Å². The summed E-state index contributed by atoms with van der Waals surface area (Å²) in [6, 6.07) is 9.57. The van der Waals surface area contributed by atoms with E-state index in [2.05, 4.69) is 15.5 Å². The van der Waals surface area contributed by atoms with Gasteiger partial charge in [0.05, 0.1) is 11.8 Å². The van der Waals surface area contributed by atoms with Crippen LogP contribution in [0.4, 0.5) is 0 Å². The molecule has 1 aliphatic carbocycles. The van der Waals surface area contributed by atoms with E-state index in [9.17, 15) is 9.59 Å². The van der Waals surface area contributed by atoms with Crippen molar-refractivity contribution < 1.29 is 19.2 Å². The number of hydrogen-bond acceptors (Lipinski definition) is 5. The number of amides is 1. The Morgan fingerprint density at radius 1 is 1.19 bits per heavy atom. The lowest BCUT2D eigenvalue weighted by Crippen LogP contribution is -2.36. The second kappa shape index (κ2) is 8.12. The molecule has 138 valence electrons. The van der Waals surface area contributed by atoms with Gasteiger partial charge in [-0.2, -0.15) is 4.98 Å². The maximum Gasteiger partial charge on any atom is 0.306 e. The fourth-order valence-electron chi connectivity index (χ4n) is 3.23. The molecule has 0 radical (unpaired) electrons. The molecule has 1 amide bonds. The third-order valence-electron chi connectivity index (χ3n) is 4.92. The number of carbonyl (C=O) groups excluding carboxylic acids is 1. The van der Waals surface area contributed by atoms with Crippen LogP contribution in [0.15, 0.2) is 34.9 Å². The fraction of sp³-hybridized carbons (Fsp3) is 0.474. The van der Waals surface area contributed by atoms with Crippen LogP contribution >= 0.6 is 0 Å². The van der Waals surface area contributed by atoms with Crippen LogP contribution in [0.2, 0.25) is 0 Å². The Morgan fingerprint density at radius 3 is 2.50 bits per heavy atom. The van der Waals surface area contributed by atoms with Gasteiger partial charge in [0.2, 0.25) is 17.6 Å². The molecule has 0 bridgehead atoms. The number of carboxylic acids is 1. The smallest absolute Gasteiger partial charge is 0.306 e. The first-order chi connectivity index (χ1) is 12.5. The van der Waals surface area contributed by atoms with E-state index >= 15 is 0 Å². The number of carboxylic acid groups (broad SMARTS) is 1. The molecule has 7 heteroatoms. The maximum absolute atomic E-state index is 12.3. The van der Waals surface area contributed by atoms with Crippen molar-refractivity contribution in [1.29, 1.82) is 0 Å². The summed E-state index contributed by atoms with van der Waals surface area (Å²) in [6.07, 6.45) is 2.37. The molecular formula is C19H23N3O4. The van der Waals surface area contributed by atoms with Gasteiger partial charge in [0.1, 0.15) is 0 Å². The fourth-order valence-corrected chi connectivity index (χ4v) is 3.23. The predicted octanol–water partition coefficient (Wildman–Crippen LogP) is 2.85. The molecule has 2 aromatic rings. The van der Waals surface area contributed by atoms with Crippen molar-refractivity contribution in [3.8, 4) is 11.4 Å². The van der Waals surface area contributed by atoms with Crippen molar-refractivity contribution >= 4 is 11.9 Å². The Labute approximate surface area is 151 Å². The van der Waals surface area contributed by atoms with E-state index in [1.54, 1.807) is 0 Å². The zero-order valence-electron chi connectivity index (χ0n) is 14.7. The number of nitrogens with one attached hydrogen (secondary N) is 1. The average molecular weight is 357 g/mol. The highest BCUT2D eigenvalue weighted by Gasteiger charge is 2.30. The van der Waals surface area contributed by atoms with Gasteiger partial charge in [0, 0.05) is 18.0 Å². The Balaban J connectivity index is 1.50. The zero-order valence-corrected chi connectivity index (χ0v) is 14.7. The molecule has 0 spiro atoms. The van der Waals surface area contributed by atoms with Gasteiger partial charge in [-0.05, 0) is 25.7 Å². The first-order valence-electron chi connectivity index (χ1n) is 8.94. The Morgan fingerprint density at radius 2 is 1.85 bits per heavy atom. The molecule has 1 aromatic carbocycles. The molecule has 2 N–H and O–H groups in total. The van der Waals surface area contributed by atoms with Crippen LogP contribution in [0, 0.1) is 11.8 Å². The Hall–Kier alpha value is -2.70. The van der Waals surface area contributed by atoms with Crippen LogP contribution in [-0.4, -0.2) is 33.7 Å². The number of hydrogen-bond donors (Lipinski definition) is 2. The SMILES string of the molecule is CC(CNC(=O)C1CCC(C(=O)O)CC1)c1nc(-c2ccccc2)no1. The minimum atomic E-state index is -0.761. The quantitative estimate of drug-likeness (QED) is 0.823. The number of rotatable bonds is 6. The first-order valence-corrected chi connectivity index (χ1v) is 8.94. The van der Waals surface area contributed by atoms with Crippen molar-refractivity contribution in [1.82, 2.24) is 15.5 Å². The maximum atomic E-state index is 12.3. The van der Waals surface area contributed by atoms with Gasteiger partial charge in [-0.15, -0.1) is 0 Å². The first kappa shape index (κ1) is 18.1. The lowest BCUT2D eigenvalue weighted by molar-refractivity contribution is -0.144. The third-order valence-corrected chi connectivity index (χ3v) is 4.92. The number of nitrogens with zero attached hydrogens (tertiary/aromatic N) is 2. The van der Waals surface area contributed by atoms with Crippen molar-refractivity contribution in [3.05, 3.63) is 36.2 Å². The summed E-state index contributed by atoms with van der Waals surface area (Å²) in [5.41, 5.74) is 0.883. The summed E-state index contributed by atoms with van der Waals surface area (Å²) < 4.78 is 5.32. The average Bonchev–Trinajstić information content (AvgIpc) is 3.17. The zero-order chi connectivity index (χ0) is 18.5. The van der Waals surface area contributed by atoms with Crippen LogP contribution in [0.1, 0.15) is 44.4 Å². The minimum absolute atomic E-state index is 0.0245. The van der Waals surface area contributed by atoms with E-state index in [4.69, 9.17) is 9.63 Å². The molecule has 26 heavy (non-hydrogen) atoms. The Bertz CT molecular complexity index is 751. The van der Waals surface area contributed by atoms with Crippen molar-refractivity contribution in [3.63, 3.8) is 0 Å². The molecular weight excluding hydrogens is 334 g/mol. The Kier molecular flexibility index (Phi) is 5.65. The monoisotopic (exact) mass is 357 g/mol. The summed E-state index contributed by atoms with van der Waals surface area (Å²) in [6.45, 7) is 2.33. The number of aromatic nitrogens is 2. The molecule has 3 rings (SSSR count). The van der Waals surface area contributed by atoms with E-state index in [1.807, 2.05) is 37.3 Å². The molecule has 0 saturated heterocycles. The summed E-state index contributed by atoms with van der Waals surface area (Å²) in [4.78, 5) is 27.7. The van der Waals surface area contributed by atoms with Gasteiger partial charge in [-0.25, -0.2) is 0 Å². The van der Waals surface area contributed by atoms with Gasteiger partial charge < -0.3 is 14.9 Å². The highest BCUT2D eigenvalue weighted by Crippen LogP contribution is 2.29. The molecule has 1 atom stereocenters. The van der Waals surface area contributed by atoms with E-state index < -0.39 is 5.97 Å². The highest BCUT2D eigenvalue weighted by molar-refractivity contribution is 5.79. The van der Waals surface area contributed by atoms with Gasteiger partial charge >= 0.3 is 5.97 Å². The summed E-state index contributed by atoms with van der Waals surface area (Å²) >= 11 is 0. The van der Waals surface area contributed by atoms with Crippen LogP contribution < -0.4 is 5.32 Å². The summed E-state index contributed by atoms with van der Waals surface area (Å²) in [7, 11) is 0. The standard InChI is InChI=1S/C19H23N3O4/c1-12(18-21-16(22-26-18)13-5-3-2-4-6-13)11-20-17(23)14-7-9-15(10-8-14)19(24)25/h2-6,12,14-15H,7-11H2,1H3,(H,20,23)(H,24,25). The second-order valence-corrected chi connectivity index (χ2v) is 6.86. The molecule has 1 aliphatic rings. The molecule has 7 nitrogen and oxygen atoms in total. The number of carbonyl (C=O) groups is 2. The lowest BCUT2D eigenvalue weighted by Gasteiger charge is -2.25. The van der Waals surface area contributed by atoms with Crippen LogP contribution in [0.5, 0.6) is 0 Å². The van der Waals surface area contributed by atoms with E-state index in [-0.39, 0.29) is 23.7 Å². The van der Waals surface area contributed by atoms with E-state index in [1.165, 1.54) is 0 Å². The normalized spacial score (nSPS) is 21.1. The third kappa shape index (κ3) is 4.28. The van der Waals surface area contributed by atoms with Gasteiger partial charge in [-0.3, -0.25) is 9.59 Å². The van der Waals surface area contributed by atoms with Crippen LogP contribution in [0.25, 0.3) is 11.4 Å². The van der Waals surface area contributed by atoms with Crippen LogP contribution in [0.3, 0.4) is 0 Å². The van der Waals surface area contributed by atoms with Gasteiger partial charge in [0.15, 0.2) is 0 Å². The van der Waals surface area contributed by atoms with Crippen molar-refractivity contribution in [2.75, 3.05) is 6.54 Å².